The molecule has 0 bridgehead atoms. The van der Waals surface area contributed by atoms with Crippen LogP contribution in [0.5, 0.6) is 0 Å². The van der Waals surface area contributed by atoms with Gasteiger partial charge in [-0.1, -0.05) is 19.8 Å². The van der Waals surface area contributed by atoms with Crippen molar-refractivity contribution in [2.75, 3.05) is 26.2 Å². The van der Waals surface area contributed by atoms with Crippen molar-refractivity contribution in [1.82, 2.24) is 4.90 Å². The molecule has 1 fully saturated rings. The van der Waals surface area contributed by atoms with Gasteiger partial charge in [0.2, 0.25) is 0 Å². The molecule has 4 nitrogen and oxygen atoms in total. The van der Waals surface area contributed by atoms with Gasteiger partial charge in [0.05, 0.1) is 6.61 Å². The Morgan fingerprint density at radius 1 is 1.41 bits per heavy atom. The van der Waals surface area contributed by atoms with E-state index in [9.17, 15) is 4.79 Å². The van der Waals surface area contributed by atoms with Crippen LogP contribution in [0.1, 0.15) is 45.4 Å². The predicted molar refractivity (Wildman–Crippen MR) is 68.8 cm³/mol. The Labute approximate surface area is 104 Å². The minimum absolute atomic E-state index is 0.0212. The van der Waals surface area contributed by atoms with Crippen molar-refractivity contribution in [3.63, 3.8) is 0 Å². The van der Waals surface area contributed by atoms with E-state index in [2.05, 4.69) is 11.8 Å². The molecule has 1 unspecified atom stereocenters. The van der Waals surface area contributed by atoms with Crippen LogP contribution in [0.15, 0.2) is 0 Å². The van der Waals surface area contributed by atoms with E-state index in [0.717, 1.165) is 45.2 Å². The Bertz CT molecular complexity index is 221. The van der Waals surface area contributed by atoms with E-state index >= 15 is 0 Å². The molecule has 0 amide bonds. The first-order valence-electron chi connectivity index (χ1n) is 6.90. The fourth-order valence-corrected chi connectivity index (χ4v) is 2.23. The van der Waals surface area contributed by atoms with Gasteiger partial charge in [-0.25, -0.2) is 0 Å². The summed E-state index contributed by atoms with van der Waals surface area (Å²) in [4.78, 5) is 14.2. The number of ether oxygens (including phenoxy) is 1. The van der Waals surface area contributed by atoms with Gasteiger partial charge in [0, 0.05) is 6.54 Å². The quantitative estimate of drug-likeness (QED) is 0.543. The van der Waals surface area contributed by atoms with Gasteiger partial charge in [0.25, 0.3) is 0 Å². The summed E-state index contributed by atoms with van der Waals surface area (Å²) < 4.78 is 5.32. The second-order valence-corrected chi connectivity index (χ2v) is 4.71. The predicted octanol–water partition coefficient (Wildman–Crippen LogP) is 1.53. The number of esters is 1. The van der Waals surface area contributed by atoms with Crippen molar-refractivity contribution >= 4 is 5.97 Å². The maximum absolute atomic E-state index is 12.0. The number of hydrogen-bond donors (Lipinski definition) is 1. The zero-order valence-corrected chi connectivity index (χ0v) is 11.0. The van der Waals surface area contributed by atoms with Gasteiger partial charge in [0.15, 0.2) is 0 Å². The lowest BCUT2D eigenvalue weighted by Crippen LogP contribution is -2.46. The average molecular weight is 242 g/mol. The number of piperidine rings is 1. The number of rotatable bonds is 7. The van der Waals surface area contributed by atoms with Gasteiger partial charge >= 0.3 is 5.97 Å². The highest BCUT2D eigenvalue weighted by Gasteiger charge is 2.29. The molecule has 1 heterocycles. The fourth-order valence-electron chi connectivity index (χ4n) is 2.23. The standard InChI is InChI=1S/C13H26N2O2/c1-2-3-11-17-13(16)12-7-4-5-9-15(12)10-6-8-14/h12H,2-11,14H2,1H3. The maximum atomic E-state index is 12.0. The third kappa shape index (κ3) is 5.04. The largest absolute Gasteiger partial charge is 0.465 e. The summed E-state index contributed by atoms with van der Waals surface area (Å²) in [5.41, 5.74) is 5.52. The summed E-state index contributed by atoms with van der Waals surface area (Å²) in [6.07, 6.45) is 6.24. The van der Waals surface area contributed by atoms with Gasteiger partial charge < -0.3 is 10.5 Å². The molecule has 0 saturated carbocycles. The molecule has 100 valence electrons. The smallest absolute Gasteiger partial charge is 0.323 e. The minimum Gasteiger partial charge on any atom is -0.465 e. The molecule has 0 spiro atoms. The number of carbonyl (C=O) groups excluding carboxylic acids is 1. The Kier molecular flexibility index (Phi) is 7.21. The van der Waals surface area contributed by atoms with Gasteiger partial charge in [-0.2, -0.15) is 0 Å². The van der Waals surface area contributed by atoms with E-state index in [0.29, 0.717) is 13.2 Å². The summed E-state index contributed by atoms with van der Waals surface area (Å²) >= 11 is 0. The van der Waals surface area contributed by atoms with Crippen LogP contribution in [0.3, 0.4) is 0 Å². The van der Waals surface area contributed by atoms with Crippen molar-refractivity contribution in [2.24, 2.45) is 5.73 Å². The van der Waals surface area contributed by atoms with Crippen molar-refractivity contribution < 1.29 is 9.53 Å². The first kappa shape index (κ1) is 14.5. The Hall–Kier alpha value is -0.610. The van der Waals surface area contributed by atoms with Crippen LogP contribution in [-0.2, 0) is 9.53 Å². The van der Waals surface area contributed by atoms with E-state index in [1.54, 1.807) is 0 Å². The lowest BCUT2D eigenvalue weighted by Gasteiger charge is -2.33. The SMILES string of the molecule is CCCCOC(=O)C1CCCCN1CCCN. The zero-order valence-electron chi connectivity index (χ0n) is 11.0. The number of nitrogens with zero attached hydrogens (tertiary/aromatic N) is 1. The third-order valence-corrected chi connectivity index (χ3v) is 3.28. The van der Waals surface area contributed by atoms with E-state index in [1.165, 1.54) is 6.42 Å². The van der Waals surface area contributed by atoms with Crippen LogP contribution in [-0.4, -0.2) is 43.2 Å². The molecule has 0 aromatic rings. The molecule has 2 N–H and O–H groups in total. The number of hydrogen-bond acceptors (Lipinski definition) is 4. The molecule has 0 aromatic heterocycles. The Balaban J connectivity index is 2.37. The molecule has 4 heteroatoms. The van der Waals surface area contributed by atoms with Crippen LogP contribution in [0.2, 0.25) is 0 Å². The third-order valence-electron chi connectivity index (χ3n) is 3.28. The highest BCUT2D eigenvalue weighted by atomic mass is 16.5. The van der Waals surface area contributed by atoms with Crippen molar-refractivity contribution in [2.45, 2.75) is 51.5 Å². The van der Waals surface area contributed by atoms with E-state index in [4.69, 9.17) is 10.5 Å². The van der Waals surface area contributed by atoms with Crippen LogP contribution < -0.4 is 5.73 Å². The van der Waals surface area contributed by atoms with Crippen molar-refractivity contribution in [1.29, 1.82) is 0 Å². The zero-order chi connectivity index (χ0) is 12.5. The second kappa shape index (κ2) is 8.48. The van der Waals surface area contributed by atoms with Crippen LogP contribution in [0.25, 0.3) is 0 Å². The molecule has 1 saturated heterocycles. The fraction of sp³-hybridized carbons (Fsp3) is 0.923. The second-order valence-electron chi connectivity index (χ2n) is 4.71. The van der Waals surface area contributed by atoms with Gasteiger partial charge in [-0.15, -0.1) is 0 Å². The molecule has 1 rings (SSSR count). The van der Waals surface area contributed by atoms with Crippen molar-refractivity contribution in [3.8, 4) is 0 Å². The lowest BCUT2D eigenvalue weighted by molar-refractivity contribution is -0.151. The minimum atomic E-state index is -0.0322. The first-order chi connectivity index (χ1) is 8.29. The molecular formula is C13H26N2O2. The summed E-state index contributed by atoms with van der Waals surface area (Å²) in [6.45, 7) is 5.28. The Morgan fingerprint density at radius 2 is 2.24 bits per heavy atom. The van der Waals surface area contributed by atoms with E-state index < -0.39 is 0 Å². The first-order valence-corrected chi connectivity index (χ1v) is 6.90. The summed E-state index contributed by atoms with van der Waals surface area (Å²) in [7, 11) is 0. The lowest BCUT2D eigenvalue weighted by atomic mass is 10.0. The van der Waals surface area contributed by atoms with Crippen LogP contribution in [0, 0.1) is 0 Å². The highest BCUT2D eigenvalue weighted by molar-refractivity contribution is 5.75. The molecule has 0 aliphatic carbocycles. The average Bonchev–Trinajstić information content (AvgIpc) is 2.37. The van der Waals surface area contributed by atoms with Gasteiger partial charge in [-0.05, 0) is 38.8 Å². The van der Waals surface area contributed by atoms with Crippen LogP contribution >= 0.6 is 0 Å². The molecule has 1 aliphatic heterocycles. The monoisotopic (exact) mass is 242 g/mol. The molecule has 17 heavy (non-hydrogen) atoms. The van der Waals surface area contributed by atoms with Crippen molar-refractivity contribution in [3.05, 3.63) is 0 Å². The summed E-state index contributed by atoms with van der Waals surface area (Å²) in [5.74, 6) is -0.0322. The van der Waals surface area contributed by atoms with E-state index in [1.807, 2.05) is 0 Å². The number of unbranched alkanes of at least 4 members (excludes halogenated alkanes) is 1. The molecular weight excluding hydrogens is 216 g/mol. The maximum Gasteiger partial charge on any atom is 0.323 e. The highest BCUT2D eigenvalue weighted by Crippen LogP contribution is 2.18. The van der Waals surface area contributed by atoms with E-state index in [-0.39, 0.29) is 12.0 Å². The van der Waals surface area contributed by atoms with Gasteiger partial charge in [0.1, 0.15) is 6.04 Å². The normalized spacial score (nSPS) is 21.4. The van der Waals surface area contributed by atoms with Crippen LogP contribution in [0.4, 0.5) is 0 Å². The molecule has 0 aromatic carbocycles. The molecule has 0 radical (unpaired) electrons. The number of carbonyl (C=O) groups is 1. The number of likely N-dealkylation sites (tertiary alicyclic amines) is 1. The number of nitrogens with two attached hydrogens (primary N) is 1. The Morgan fingerprint density at radius 3 is 2.94 bits per heavy atom. The molecule has 1 aliphatic rings. The summed E-state index contributed by atoms with van der Waals surface area (Å²) in [6, 6.07) is -0.0212. The molecule has 1 atom stereocenters. The topological polar surface area (TPSA) is 55.6 Å². The van der Waals surface area contributed by atoms with Gasteiger partial charge in [-0.3, -0.25) is 9.69 Å². The summed E-state index contributed by atoms with van der Waals surface area (Å²) in [5, 5.41) is 0.